The quantitative estimate of drug-likeness (QED) is 0.0613. The summed E-state index contributed by atoms with van der Waals surface area (Å²) in [5.41, 5.74) is 5.30. The van der Waals surface area contributed by atoms with E-state index < -0.39 is 37.8 Å². The normalized spacial score (nSPS) is 11.2. The average Bonchev–Trinajstić information content (AvgIpc) is 3.24. The summed E-state index contributed by atoms with van der Waals surface area (Å²) in [6.45, 7) is 4.29. The Morgan fingerprint density at radius 3 is 1.56 bits per heavy atom. The Bertz CT molecular complexity index is 2650. The average molecular weight is 867 g/mol. The van der Waals surface area contributed by atoms with Crippen LogP contribution in [0.15, 0.2) is 149 Å². The lowest BCUT2D eigenvalue weighted by Gasteiger charge is -2.11. The van der Waals surface area contributed by atoms with E-state index in [9.17, 15) is 41.0 Å². The number of carboxylic acids is 2. The number of anilines is 2. The summed E-state index contributed by atoms with van der Waals surface area (Å²) < 4.78 is 74.5. The Labute approximate surface area is 356 Å². The Kier molecular flexibility index (Phi) is 15.8. The summed E-state index contributed by atoms with van der Waals surface area (Å²) >= 11 is 0. The van der Waals surface area contributed by atoms with E-state index in [2.05, 4.69) is 16.4 Å². The molecule has 0 heterocycles. The van der Waals surface area contributed by atoms with Crippen LogP contribution in [-0.4, -0.2) is 45.6 Å². The fraction of sp³-hybridized carbons (Fsp3) is 0.191. The molecule has 0 radical (unpaired) electrons. The number of carbonyl (C=O) groups is 2. The number of hydrogen-bond acceptors (Lipinski definition) is 7. The molecule has 0 unspecified atom stereocenters. The van der Waals surface area contributed by atoms with Gasteiger partial charge in [-0.05, 0) is 140 Å². The number of rotatable bonds is 18. The largest absolute Gasteiger partial charge is 0.494 e. The van der Waals surface area contributed by atoms with Crippen LogP contribution in [0.4, 0.5) is 15.8 Å². The number of benzene rings is 6. The summed E-state index contributed by atoms with van der Waals surface area (Å²) in [4.78, 5) is 22.7. The molecule has 6 rings (SSSR count). The molecule has 0 aromatic heterocycles. The molecular weight excluding hydrogens is 820 g/mol. The lowest BCUT2D eigenvalue weighted by Crippen LogP contribution is -2.14. The topological polar surface area (TPSA) is 176 Å². The number of carboxylic acid groups (broad SMARTS) is 2. The van der Waals surface area contributed by atoms with Crippen LogP contribution in [0.2, 0.25) is 0 Å². The van der Waals surface area contributed by atoms with Crippen LogP contribution in [0, 0.1) is 12.7 Å². The SMILES string of the molecule is CCCCOc1ccc(S(=O)(=O)Nc2ccc(CCc3ccccc3C(=O)O)cc2)cc1.Cc1ccc(F)cc1S(=O)(=O)Nc1ccc(CCc2ccccc2C(=O)O)cc1. The van der Waals surface area contributed by atoms with Crippen molar-refractivity contribution >= 4 is 43.4 Å². The Hall–Kier alpha value is -6.51. The summed E-state index contributed by atoms with van der Waals surface area (Å²) in [6.07, 6.45) is 4.38. The van der Waals surface area contributed by atoms with E-state index in [0.29, 0.717) is 60.5 Å². The predicted molar refractivity (Wildman–Crippen MR) is 234 cm³/mol. The molecule has 0 fully saturated rings. The van der Waals surface area contributed by atoms with Gasteiger partial charge in [0.2, 0.25) is 0 Å². The molecular formula is C47H47FN2O9S2. The smallest absolute Gasteiger partial charge is 0.335 e. The first-order valence-corrected chi connectivity index (χ1v) is 22.5. The van der Waals surface area contributed by atoms with E-state index in [1.165, 1.54) is 24.3 Å². The van der Waals surface area contributed by atoms with Crippen molar-refractivity contribution in [1.29, 1.82) is 0 Å². The van der Waals surface area contributed by atoms with Crippen molar-refractivity contribution in [3.8, 4) is 5.75 Å². The van der Waals surface area contributed by atoms with Gasteiger partial charge in [0.05, 0.1) is 27.5 Å². The van der Waals surface area contributed by atoms with E-state index in [4.69, 9.17) is 4.74 Å². The number of unbranched alkanes of at least 4 members (excludes halogenated alkanes) is 1. The van der Waals surface area contributed by atoms with Gasteiger partial charge in [-0.1, -0.05) is 80.1 Å². The van der Waals surface area contributed by atoms with Crippen LogP contribution in [0.25, 0.3) is 0 Å². The van der Waals surface area contributed by atoms with Crippen molar-refractivity contribution in [2.24, 2.45) is 0 Å². The van der Waals surface area contributed by atoms with Gasteiger partial charge < -0.3 is 14.9 Å². The number of aromatic carboxylic acids is 2. The summed E-state index contributed by atoms with van der Waals surface area (Å²) in [5, 5.41) is 18.5. The first-order chi connectivity index (χ1) is 29.1. The van der Waals surface area contributed by atoms with Crippen LogP contribution in [0.5, 0.6) is 5.75 Å². The molecule has 0 aliphatic heterocycles. The second-order valence-electron chi connectivity index (χ2n) is 14.1. The molecule has 6 aromatic rings. The molecule has 0 spiro atoms. The molecule has 61 heavy (non-hydrogen) atoms. The van der Waals surface area contributed by atoms with E-state index in [0.717, 1.165) is 41.2 Å². The highest BCUT2D eigenvalue weighted by atomic mass is 32.2. The van der Waals surface area contributed by atoms with Crippen LogP contribution in [0.3, 0.4) is 0 Å². The van der Waals surface area contributed by atoms with Gasteiger partial charge in [0.1, 0.15) is 11.6 Å². The van der Waals surface area contributed by atoms with Gasteiger partial charge in [-0.15, -0.1) is 0 Å². The zero-order valence-corrected chi connectivity index (χ0v) is 35.3. The number of nitrogens with one attached hydrogen (secondary N) is 2. The lowest BCUT2D eigenvalue weighted by atomic mass is 10.00. The zero-order chi connectivity index (χ0) is 44.0. The zero-order valence-electron chi connectivity index (χ0n) is 33.7. The van der Waals surface area contributed by atoms with Gasteiger partial charge in [-0.25, -0.2) is 30.8 Å². The minimum atomic E-state index is -3.91. The van der Waals surface area contributed by atoms with E-state index in [1.54, 1.807) is 91.9 Å². The third-order valence-corrected chi connectivity index (χ3v) is 12.5. The minimum Gasteiger partial charge on any atom is -0.494 e. The summed E-state index contributed by atoms with van der Waals surface area (Å²) in [7, 11) is -7.61. The number of aryl methyl sites for hydroxylation is 5. The first-order valence-electron chi connectivity index (χ1n) is 19.5. The summed E-state index contributed by atoms with van der Waals surface area (Å²) in [6, 6.07) is 37.7. The standard InChI is InChI=1S/C25H27NO5S.C22H20FNO4S/c1-2-3-18-31-22-14-16-23(17-15-22)32(29,30)26-21-12-9-19(10-13-21)8-11-20-6-4-5-7-24(20)25(27)28;1-15-6-11-18(23)14-21(15)29(27,28)24-19-12-8-16(9-13-19)7-10-17-4-2-3-5-20(17)22(25)26/h4-7,9-10,12-17,26H,2-3,8,11,18H2,1H3,(H,27,28);2-6,8-9,11-14,24H,7,10H2,1H3,(H,25,26). The van der Waals surface area contributed by atoms with Crippen molar-refractivity contribution < 1.29 is 45.8 Å². The molecule has 14 heteroatoms. The first kappa shape index (κ1) is 45.6. The molecule has 11 nitrogen and oxygen atoms in total. The number of sulfonamides is 2. The highest BCUT2D eigenvalue weighted by Crippen LogP contribution is 2.23. The lowest BCUT2D eigenvalue weighted by molar-refractivity contribution is 0.0684. The molecule has 0 saturated carbocycles. The van der Waals surface area contributed by atoms with E-state index in [1.807, 2.05) is 24.3 Å². The molecule has 318 valence electrons. The Morgan fingerprint density at radius 2 is 1.08 bits per heavy atom. The van der Waals surface area contributed by atoms with Crippen molar-refractivity contribution in [1.82, 2.24) is 0 Å². The maximum atomic E-state index is 13.4. The van der Waals surface area contributed by atoms with Gasteiger partial charge in [0.15, 0.2) is 0 Å². The molecule has 0 amide bonds. The predicted octanol–water partition coefficient (Wildman–Crippen LogP) is 9.57. The number of ether oxygens (including phenoxy) is 1. The third-order valence-electron chi connectivity index (χ3n) is 9.61. The molecule has 0 atom stereocenters. The van der Waals surface area contributed by atoms with Gasteiger partial charge in [-0.2, -0.15) is 0 Å². The van der Waals surface area contributed by atoms with Crippen LogP contribution >= 0.6 is 0 Å². The van der Waals surface area contributed by atoms with Crippen molar-refractivity contribution in [2.45, 2.75) is 62.2 Å². The van der Waals surface area contributed by atoms with Crippen LogP contribution < -0.4 is 14.2 Å². The molecule has 4 N–H and O–H groups in total. The van der Waals surface area contributed by atoms with E-state index >= 15 is 0 Å². The Balaban J connectivity index is 0.000000232. The molecule has 0 saturated heterocycles. The van der Waals surface area contributed by atoms with Crippen molar-refractivity contribution in [2.75, 3.05) is 16.1 Å². The maximum absolute atomic E-state index is 13.4. The van der Waals surface area contributed by atoms with Gasteiger partial charge >= 0.3 is 11.9 Å². The monoisotopic (exact) mass is 866 g/mol. The van der Waals surface area contributed by atoms with Crippen LogP contribution in [0.1, 0.15) is 68.3 Å². The summed E-state index contributed by atoms with van der Waals surface area (Å²) in [5.74, 6) is -1.87. The number of hydrogen-bond donors (Lipinski definition) is 4. The van der Waals surface area contributed by atoms with Gasteiger partial charge in [-0.3, -0.25) is 9.44 Å². The maximum Gasteiger partial charge on any atom is 0.335 e. The second-order valence-corrected chi connectivity index (χ2v) is 17.4. The highest BCUT2D eigenvalue weighted by molar-refractivity contribution is 7.93. The van der Waals surface area contributed by atoms with Gasteiger partial charge in [0, 0.05) is 11.4 Å². The highest BCUT2D eigenvalue weighted by Gasteiger charge is 2.18. The molecule has 6 aromatic carbocycles. The Morgan fingerprint density at radius 1 is 0.607 bits per heavy atom. The molecule has 0 bridgehead atoms. The fourth-order valence-corrected chi connectivity index (χ4v) is 8.64. The van der Waals surface area contributed by atoms with Crippen molar-refractivity contribution in [3.63, 3.8) is 0 Å². The minimum absolute atomic E-state index is 0.105. The number of halogens is 1. The van der Waals surface area contributed by atoms with Gasteiger partial charge in [0.25, 0.3) is 20.0 Å². The third kappa shape index (κ3) is 13.2. The second kappa shape index (κ2) is 21.1. The molecule has 0 aliphatic carbocycles. The van der Waals surface area contributed by atoms with Crippen LogP contribution in [-0.2, 0) is 45.7 Å². The van der Waals surface area contributed by atoms with Crippen molar-refractivity contribution in [3.05, 3.63) is 184 Å². The molecule has 0 aliphatic rings. The van der Waals surface area contributed by atoms with E-state index in [-0.39, 0.29) is 15.4 Å². The fourth-order valence-electron chi connectivity index (χ4n) is 6.27.